The average molecular weight is 356 g/mol. The molecule has 0 bridgehead atoms. The Labute approximate surface area is 132 Å². The lowest BCUT2D eigenvalue weighted by Crippen LogP contribution is -2.04. The topological polar surface area (TPSA) is 34.1 Å². The van der Waals surface area contributed by atoms with Gasteiger partial charge in [0.05, 0.1) is 12.3 Å². The molecule has 0 radical (unpaired) electrons. The third kappa shape index (κ3) is 4.39. The van der Waals surface area contributed by atoms with Gasteiger partial charge in [-0.05, 0) is 52.2 Å². The Balaban J connectivity index is 2.09. The van der Waals surface area contributed by atoms with Crippen LogP contribution in [0.15, 0.2) is 41.1 Å². The molecule has 1 aromatic heterocycles. The Morgan fingerprint density at radius 2 is 2.15 bits per heavy atom. The van der Waals surface area contributed by atoms with Gasteiger partial charge in [-0.2, -0.15) is 0 Å². The molecule has 1 heterocycles. The predicted octanol–water partition coefficient (Wildman–Crippen LogP) is 4.90. The van der Waals surface area contributed by atoms with Crippen molar-refractivity contribution >= 4 is 33.2 Å². The van der Waals surface area contributed by atoms with Crippen molar-refractivity contribution in [3.05, 3.63) is 51.7 Å². The maximum absolute atomic E-state index is 6.04. The number of nitrogens with one attached hydrogen (secondary N) is 1. The second-order valence-corrected chi connectivity index (χ2v) is 5.71. The van der Waals surface area contributed by atoms with Crippen LogP contribution < -0.4 is 10.1 Å². The highest BCUT2D eigenvalue weighted by atomic mass is 79.9. The van der Waals surface area contributed by atoms with E-state index in [9.17, 15) is 0 Å². The monoisotopic (exact) mass is 354 g/mol. The number of nitrogens with zero attached hydrogens (tertiary/aromatic N) is 1. The molecule has 20 heavy (non-hydrogen) atoms. The van der Waals surface area contributed by atoms with Gasteiger partial charge in [0.15, 0.2) is 0 Å². The van der Waals surface area contributed by atoms with Crippen LogP contribution in [0.2, 0.25) is 5.02 Å². The Hall–Kier alpha value is -1.26. The summed E-state index contributed by atoms with van der Waals surface area (Å²) in [6, 6.07) is 7.62. The van der Waals surface area contributed by atoms with Crippen LogP contribution in [0.25, 0.3) is 0 Å². The van der Waals surface area contributed by atoms with Crippen LogP contribution in [0.4, 0.5) is 5.69 Å². The molecule has 0 unspecified atom stereocenters. The molecule has 0 atom stereocenters. The molecule has 0 amide bonds. The number of rotatable bonds is 6. The highest BCUT2D eigenvalue weighted by molar-refractivity contribution is 9.10. The first-order valence-electron chi connectivity index (χ1n) is 6.44. The highest BCUT2D eigenvalue weighted by Crippen LogP contribution is 2.28. The molecule has 0 spiro atoms. The zero-order chi connectivity index (χ0) is 14.4. The zero-order valence-electron chi connectivity index (χ0n) is 11.2. The van der Waals surface area contributed by atoms with E-state index in [1.807, 2.05) is 30.5 Å². The van der Waals surface area contributed by atoms with E-state index in [0.717, 1.165) is 27.9 Å². The second kappa shape index (κ2) is 7.50. The molecule has 0 aliphatic carbocycles. The first-order chi connectivity index (χ1) is 9.69. The largest absolute Gasteiger partial charge is 0.491 e. The minimum absolute atomic E-state index is 0.662. The highest BCUT2D eigenvalue weighted by Gasteiger charge is 2.05. The van der Waals surface area contributed by atoms with Crippen molar-refractivity contribution in [1.29, 1.82) is 0 Å². The van der Waals surface area contributed by atoms with Crippen molar-refractivity contribution < 1.29 is 4.74 Å². The zero-order valence-corrected chi connectivity index (χ0v) is 13.5. The number of hydrogen-bond donors (Lipinski definition) is 1. The fourth-order valence-electron chi connectivity index (χ4n) is 1.73. The number of anilines is 1. The summed E-state index contributed by atoms with van der Waals surface area (Å²) in [5, 5.41) is 4.02. The lowest BCUT2D eigenvalue weighted by Gasteiger charge is -2.13. The minimum atomic E-state index is 0.662. The minimum Gasteiger partial charge on any atom is -0.491 e. The summed E-state index contributed by atoms with van der Waals surface area (Å²) in [7, 11) is 0. The molecule has 2 rings (SSSR count). The Kier molecular flexibility index (Phi) is 5.68. The van der Waals surface area contributed by atoms with Gasteiger partial charge in [-0.3, -0.25) is 4.98 Å². The van der Waals surface area contributed by atoms with Crippen molar-refractivity contribution in [1.82, 2.24) is 4.98 Å². The van der Waals surface area contributed by atoms with Gasteiger partial charge in [-0.25, -0.2) is 0 Å². The Bertz CT molecular complexity index is 578. The van der Waals surface area contributed by atoms with Crippen LogP contribution in [0.1, 0.15) is 18.9 Å². The van der Waals surface area contributed by atoms with Gasteiger partial charge in [-0.1, -0.05) is 18.5 Å². The summed E-state index contributed by atoms with van der Waals surface area (Å²) in [4.78, 5) is 4.14. The van der Waals surface area contributed by atoms with E-state index in [2.05, 4.69) is 33.2 Å². The molecular formula is C15H16BrClN2O. The van der Waals surface area contributed by atoms with Crippen LogP contribution in [-0.2, 0) is 6.54 Å². The van der Waals surface area contributed by atoms with Gasteiger partial charge in [0.1, 0.15) is 5.75 Å². The van der Waals surface area contributed by atoms with Crippen molar-refractivity contribution in [2.24, 2.45) is 0 Å². The molecular weight excluding hydrogens is 340 g/mol. The van der Waals surface area contributed by atoms with Crippen molar-refractivity contribution in [2.45, 2.75) is 19.9 Å². The van der Waals surface area contributed by atoms with E-state index < -0.39 is 0 Å². The average Bonchev–Trinajstić information content (AvgIpc) is 2.44. The van der Waals surface area contributed by atoms with E-state index in [0.29, 0.717) is 18.2 Å². The summed E-state index contributed by atoms with van der Waals surface area (Å²) >= 11 is 9.46. The SMILES string of the molecule is CCCOc1ccc(Cl)cc1NCc1cncc(Br)c1. The normalized spacial score (nSPS) is 10.3. The molecule has 0 saturated heterocycles. The van der Waals surface area contributed by atoms with E-state index in [4.69, 9.17) is 16.3 Å². The molecule has 106 valence electrons. The summed E-state index contributed by atoms with van der Waals surface area (Å²) in [6.07, 6.45) is 4.56. The van der Waals surface area contributed by atoms with Gasteiger partial charge in [-0.15, -0.1) is 0 Å². The summed E-state index contributed by atoms with van der Waals surface area (Å²) in [6.45, 7) is 3.43. The molecule has 0 saturated carbocycles. The molecule has 1 aromatic carbocycles. The first kappa shape index (κ1) is 15.1. The van der Waals surface area contributed by atoms with Crippen molar-refractivity contribution in [2.75, 3.05) is 11.9 Å². The second-order valence-electron chi connectivity index (χ2n) is 4.35. The molecule has 0 fully saturated rings. The standard InChI is InChI=1S/C15H16BrClN2O/c1-2-5-20-15-4-3-13(17)7-14(15)19-9-11-6-12(16)10-18-8-11/h3-4,6-8,10,19H,2,5,9H2,1H3. The molecule has 5 heteroatoms. The van der Waals surface area contributed by atoms with Gasteiger partial charge in [0, 0.05) is 28.4 Å². The fraction of sp³-hybridized carbons (Fsp3) is 0.267. The number of ether oxygens (including phenoxy) is 1. The molecule has 1 N–H and O–H groups in total. The number of halogens is 2. The maximum atomic E-state index is 6.04. The first-order valence-corrected chi connectivity index (χ1v) is 7.62. The van der Waals surface area contributed by atoms with Crippen LogP contribution >= 0.6 is 27.5 Å². The summed E-state index contributed by atoms with van der Waals surface area (Å²) in [5.74, 6) is 0.819. The van der Waals surface area contributed by atoms with E-state index in [-0.39, 0.29) is 0 Å². The smallest absolute Gasteiger partial charge is 0.142 e. The third-order valence-electron chi connectivity index (χ3n) is 2.65. The number of aromatic nitrogens is 1. The predicted molar refractivity (Wildman–Crippen MR) is 86.5 cm³/mol. The van der Waals surface area contributed by atoms with Gasteiger partial charge in [0.2, 0.25) is 0 Å². The van der Waals surface area contributed by atoms with E-state index in [1.165, 1.54) is 0 Å². The lowest BCUT2D eigenvalue weighted by molar-refractivity contribution is 0.319. The number of benzene rings is 1. The number of pyridine rings is 1. The fourth-order valence-corrected chi connectivity index (χ4v) is 2.31. The van der Waals surface area contributed by atoms with Crippen LogP contribution in [0.5, 0.6) is 5.75 Å². The van der Waals surface area contributed by atoms with Crippen molar-refractivity contribution in [3.8, 4) is 5.75 Å². The van der Waals surface area contributed by atoms with Crippen LogP contribution in [0.3, 0.4) is 0 Å². The van der Waals surface area contributed by atoms with Gasteiger partial charge < -0.3 is 10.1 Å². The Morgan fingerprint density at radius 3 is 2.90 bits per heavy atom. The molecule has 0 aliphatic rings. The van der Waals surface area contributed by atoms with Crippen LogP contribution in [0, 0.1) is 0 Å². The Morgan fingerprint density at radius 1 is 1.30 bits per heavy atom. The quantitative estimate of drug-likeness (QED) is 0.800. The van der Waals surface area contributed by atoms with Gasteiger partial charge >= 0.3 is 0 Å². The van der Waals surface area contributed by atoms with E-state index >= 15 is 0 Å². The molecule has 0 aliphatic heterocycles. The maximum Gasteiger partial charge on any atom is 0.142 e. The lowest BCUT2D eigenvalue weighted by atomic mass is 10.2. The summed E-state index contributed by atoms with van der Waals surface area (Å²) in [5.41, 5.74) is 1.98. The van der Waals surface area contributed by atoms with Crippen LogP contribution in [-0.4, -0.2) is 11.6 Å². The molecule has 3 nitrogen and oxygen atoms in total. The van der Waals surface area contributed by atoms with Crippen molar-refractivity contribution in [3.63, 3.8) is 0 Å². The molecule has 2 aromatic rings. The third-order valence-corrected chi connectivity index (χ3v) is 3.32. The summed E-state index contributed by atoms with van der Waals surface area (Å²) < 4.78 is 6.67. The number of hydrogen-bond acceptors (Lipinski definition) is 3. The van der Waals surface area contributed by atoms with E-state index in [1.54, 1.807) is 6.20 Å². The van der Waals surface area contributed by atoms with Gasteiger partial charge in [0.25, 0.3) is 0 Å².